The molecule has 3 rings (SSSR count). The number of nitrogens with zero attached hydrogens (tertiary/aromatic N) is 2. The average molecular weight is 329 g/mol. The van der Waals surface area contributed by atoms with Crippen molar-refractivity contribution in [3.8, 4) is 0 Å². The Morgan fingerprint density at radius 2 is 2.00 bits per heavy atom. The van der Waals surface area contributed by atoms with Crippen molar-refractivity contribution in [2.24, 2.45) is 0 Å². The highest BCUT2D eigenvalue weighted by Gasteiger charge is 2.12. The molecule has 0 atom stereocenters. The molecular weight excluding hydrogens is 308 g/mol. The van der Waals surface area contributed by atoms with Gasteiger partial charge in [0.1, 0.15) is 0 Å². The molecule has 3 heterocycles. The number of hydrogen-bond acceptors (Lipinski definition) is 4. The number of rotatable bonds is 6. The van der Waals surface area contributed by atoms with Gasteiger partial charge in [0.2, 0.25) is 0 Å². The fourth-order valence-corrected chi connectivity index (χ4v) is 4.31. The van der Waals surface area contributed by atoms with E-state index in [9.17, 15) is 0 Å². The van der Waals surface area contributed by atoms with Crippen LogP contribution in [0, 0.1) is 13.8 Å². The van der Waals surface area contributed by atoms with Crippen LogP contribution < -0.4 is 0 Å². The number of thiophene rings is 2. The molecule has 3 aromatic heterocycles. The first-order valence-corrected chi connectivity index (χ1v) is 9.10. The summed E-state index contributed by atoms with van der Waals surface area (Å²) < 4.78 is 0. The molecule has 4 heteroatoms. The summed E-state index contributed by atoms with van der Waals surface area (Å²) in [6, 6.07) is 10.8. The van der Waals surface area contributed by atoms with Crippen molar-refractivity contribution in [1.29, 1.82) is 0 Å². The maximum absolute atomic E-state index is 4.24. The Labute approximate surface area is 140 Å². The van der Waals surface area contributed by atoms with Crippen LogP contribution in [0.25, 0.3) is 0 Å². The molecule has 0 aliphatic heterocycles. The van der Waals surface area contributed by atoms with Crippen LogP contribution in [0.15, 0.2) is 48.1 Å². The molecule has 114 valence electrons. The molecule has 0 aliphatic rings. The van der Waals surface area contributed by atoms with Gasteiger partial charge in [-0.15, -0.1) is 22.7 Å². The highest BCUT2D eigenvalue weighted by atomic mass is 32.1. The van der Waals surface area contributed by atoms with E-state index in [0.717, 1.165) is 19.6 Å². The van der Waals surface area contributed by atoms with Crippen molar-refractivity contribution < 1.29 is 0 Å². The molecule has 0 unspecified atom stereocenters. The minimum Gasteiger partial charge on any atom is -0.290 e. The van der Waals surface area contributed by atoms with Crippen LogP contribution in [-0.4, -0.2) is 9.88 Å². The van der Waals surface area contributed by atoms with E-state index in [1.54, 1.807) is 0 Å². The molecule has 0 radical (unpaired) electrons. The van der Waals surface area contributed by atoms with Gasteiger partial charge < -0.3 is 0 Å². The SMILES string of the molecule is Cc1cc(CN(Cc2cccnc2)Cc2cccs2)c(C)s1. The van der Waals surface area contributed by atoms with Gasteiger partial charge in [-0.05, 0) is 48.6 Å². The summed E-state index contributed by atoms with van der Waals surface area (Å²) in [5, 5.41) is 2.15. The maximum atomic E-state index is 4.24. The predicted octanol–water partition coefficient (Wildman–Crippen LogP) is 5.02. The van der Waals surface area contributed by atoms with Crippen molar-refractivity contribution in [2.45, 2.75) is 33.5 Å². The molecule has 0 aliphatic carbocycles. The lowest BCUT2D eigenvalue weighted by molar-refractivity contribution is 0.249. The lowest BCUT2D eigenvalue weighted by Crippen LogP contribution is -2.22. The van der Waals surface area contributed by atoms with Crippen molar-refractivity contribution in [3.05, 3.63) is 73.9 Å². The minimum absolute atomic E-state index is 0.931. The summed E-state index contributed by atoms with van der Waals surface area (Å²) in [4.78, 5) is 11.0. The standard InChI is InChI=1S/C18H20N2S2/c1-14-9-17(15(2)22-14)12-20(13-18-6-4-8-21-18)11-16-5-3-7-19-10-16/h3-10H,11-13H2,1-2H3. The molecular formula is C18H20N2S2. The van der Waals surface area contributed by atoms with Gasteiger partial charge >= 0.3 is 0 Å². The summed E-state index contributed by atoms with van der Waals surface area (Å²) >= 11 is 3.72. The van der Waals surface area contributed by atoms with E-state index in [4.69, 9.17) is 0 Å². The Bertz CT molecular complexity index is 702. The number of aromatic nitrogens is 1. The smallest absolute Gasteiger partial charge is 0.0335 e. The molecule has 3 aromatic rings. The van der Waals surface area contributed by atoms with Gasteiger partial charge in [-0.2, -0.15) is 0 Å². The first-order chi connectivity index (χ1) is 10.7. The summed E-state index contributed by atoms with van der Waals surface area (Å²) in [6.07, 6.45) is 3.80. The second-order valence-electron chi connectivity index (χ2n) is 5.52. The number of aryl methyl sites for hydroxylation is 2. The third kappa shape index (κ3) is 4.03. The predicted molar refractivity (Wildman–Crippen MR) is 95.3 cm³/mol. The van der Waals surface area contributed by atoms with E-state index in [1.165, 1.54) is 25.8 Å². The highest BCUT2D eigenvalue weighted by molar-refractivity contribution is 7.12. The molecule has 0 saturated heterocycles. The van der Waals surface area contributed by atoms with Crippen LogP contribution in [0.5, 0.6) is 0 Å². The Morgan fingerprint density at radius 3 is 2.64 bits per heavy atom. The van der Waals surface area contributed by atoms with Crippen molar-refractivity contribution in [3.63, 3.8) is 0 Å². The second kappa shape index (κ2) is 7.18. The van der Waals surface area contributed by atoms with E-state index in [2.05, 4.69) is 53.4 Å². The fraction of sp³-hybridized carbons (Fsp3) is 0.278. The zero-order valence-electron chi connectivity index (χ0n) is 13.0. The van der Waals surface area contributed by atoms with Gasteiger partial charge in [-0.1, -0.05) is 12.1 Å². The first-order valence-electron chi connectivity index (χ1n) is 7.40. The molecule has 0 bridgehead atoms. The number of hydrogen-bond donors (Lipinski definition) is 0. The third-order valence-electron chi connectivity index (χ3n) is 3.63. The van der Waals surface area contributed by atoms with Gasteiger partial charge in [0, 0.05) is 46.7 Å². The van der Waals surface area contributed by atoms with Gasteiger partial charge in [0.25, 0.3) is 0 Å². The Kier molecular flexibility index (Phi) is 5.03. The van der Waals surface area contributed by atoms with Crippen LogP contribution in [0.3, 0.4) is 0 Å². The molecule has 0 spiro atoms. The maximum Gasteiger partial charge on any atom is 0.0335 e. The fourth-order valence-electron chi connectivity index (χ4n) is 2.62. The van der Waals surface area contributed by atoms with Crippen molar-refractivity contribution >= 4 is 22.7 Å². The molecule has 2 nitrogen and oxygen atoms in total. The van der Waals surface area contributed by atoms with Crippen LogP contribution in [0.4, 0.5) is 0 Å². The van der Waals surface area contributed by atoms with Crippen molar-refractivity contribution in [2.75, 3.05) is 0 Å². The monoisotopic (exact) mass is 328 g/mol. The Balaban J connectivity index is 1.77. The quantitative estimate of drug-likeness (QED) is 0.631. The molecule has 0 N–H and O–H groups in total. The number of pyridine rings is 1. The normalized spacial score (nSPS) is 11.2. The van der Waals surface area contributed by atoms with Gasteiger partial charge in [0.15, 0.2) is 0 Å². The summed E-state index contributed by atoms with van der Waals surface area (Å²) in [6.45, 7) is 7.32. The first kappa shape index (κ1) is 15.4. The molecule has 0 amide bonds. The molecule has 22 heavy (non-hydrogen) atoms. The topological polar surface area (TPSA) is 16.1 Å². The summed E-state index contributed by atoms with van der Waals surface area (Å²) in [5.41, 5.74) is 2.71. The van der Waals surface area contributed by atoms with Crippen LogP contribution in [0.1, 0.15) is 25.8 Å². The van der Waals surface area contributed by atoms with Crippen LogP contribution in [-0.2, 0) is 19.6 Å². The summed E-state index contributed by atoms with van der Waals surface area (Å²) in [7, 11) is 0. The van der Waals surface area contributed by atoms with Crippen LogP contribution >= 0.6 is 22.7 Å². The van der Waals surface area contributed by atoms with Gasteiger partial charge in [0.05, 0.1) is 0 Å². The summed E-state index contributed by atoms with van der Waals surface area (Å²) in [5.74, 6) is 0. The Morgan fingerprint density at radius 1 is 1.09 bits per heavy atom. The average Bonchev–Trinajstić information content (AvgIpc) is 3.10. The molecule has 0 saturated carbocycles. The van der Waals surface area contributed by atoms with Crippen molar-refractivity contribution in [1.82, 2.24) is 9.88 Å². The largest absolute Gasteiger partial charge is 0.290 e. The third-order valence-corrected chi connectivity index (χ3v) is 5.50. The van der Waals surface area contributed by atoms with E-state index in [0.29, 0.717) is 0 Å². The lowest BCUT2D eigenvalue weighted by Gasteiger charge is -2.21. The van der Waals surface area contributed by atoms with E-state index in [1.807, 2.05) is 41.1 Å². The minimum atomic E-state index is 0.931. The van der Waals surface area contributed by atoms with Gasteiger partial charge in [-0.25, -0.2) is 0 Å². The molecule has 0 aromatic carbocycles. The highest BCUT2D eigenvalue weighted by Crippen LogP contribution is 2.24. The van der Waals surface area contributed by atoms with E-state index < -0.39 is 0 Å². The zero-order chi connectivity index (χ0) is 15.4. The van der Waals surface area contributed by atoms with E-state index >= 15 is 0 Å². The Hall–Kier alpha value is -1.49. The van der Waals surface area contributed by atoms with Crippen LogP contribution in [0.2, 0.25) is 0 Å². The zero-order valence-corrected chi connectivity index (χ0v) is 14.6. The second-order valence-corrected chi connectivity index (χ2v) is 8.02. The van der Waals surface area contributed by atoms with Gasteiger partial charge in [-0.3, -0.25) is 9.88 Å². The van der Waals surface area contributed by atoms with E-state index in [-0.39, 0.29) is 0 Å². The molecule has 0 fully saturated rings. The lowest BCUT2D eigenvalue weighted by atomic mass is 10.2.